The highest BCUT2D eigenvalue weighted by molar-refractivity contribution is 6.31. The third kappa shape index (κ3) is 5.12. The van der Waals surface area contributed by atoms with E-state index in [9.17, 15) is 23.1 Å². The number of carboxylic acids is 1. The van der Waals surface area contributed by atoms with Crippen molar-refractivity contribution in [3.05, 3.63) is 63.2 Å². The molecule has 0 radical (unpaired) electrons. The zero-order valence-corrected chi connectivity index (χ0v) is 15.4. The van der Waals surface area contributed by atoms with Crippen molar-refractivity contribution in [2.24, 2.45) is 0 Å². The third-order valence-corrected chi connectivity index (χ3v) is 4.14. The summed E-state index contributed by atoms with van der Waals surface area (Å²) in [6.45, 7) is 0.0249. The molecule has 2 aromatic rings. The Hall–Kier alpha value is -2.83. The van der Waals surface area contributed by atoms with Crippen molar-refractivity contribution in [2.45, 2.75) is 12.6 Å². The van der Waals surface area contributed by atoms with Gasteiger partial charge in [0.05, 0.1) is 22.0 Å². The van der Waals surface area contributed by atoms with Gasteiger partial charge >= 0.3 is 12.1 Å². The van der Waals surface area contributed by atoms with Crippen LogP contribution in [0.1, 0.15) is 16.8 Å². The van der Waals surface area contributed by atoms with Gasteiger partial charge in [0, 0.05) is 30.9 Å². The molecule has 2 N–H and O–H groups in total. The van der Waals surface area contributed by atoms with Crippen LogP contribution in [0, 0.1) is 11.3 Å². The topological polar surface area (TPSA) is 98.9 Å². The van der Waals surface area contributed by atoms with E-state index in [1.807, 2.05) is 0 Å². The van der Waals surface area contributed by atoms with E-state index in [1.165, 1.54) is 18.3 Å². The second-order valence-corrected chi connectivity index (χ2v) is 6.10. The number of aliphatic carboxylic acids is 1. The van der Waals surface area contributed by atoms with Crippen molar-refractivity contribution in [3.63, 3.8) is 0 Å². The first kappa shape index (κ1) is 21.5. The van der Waals surface area contributed by atoms with Crippen LogP contribution in [0.25, 0.3) is 5.70 Å². The number of nitriles is 1. The molecule has 2 heterocycles. The molecule has 0 saturated heterocycles. The zero-order valence-electron chi connectivity index (χ0n) is 13.9. The molecule has 146 valence electrons. The van der Waals surface area contributed by atoms with E-state index in [0.717, 1.165) is 6.07 Å². The summed E-state index contributed by atoms with van der Waals surface area (Å²) in [5.41, 5.74) is -1.28. The fourth-order valence-corrected chi connectivity index (χ4v) is 2.69. The molecule has 0 spiro atoms. The number of carbonyl (C=O) groups is 1. The summed E-state index contributed by atoms with van der Waals surface area (Å²) in [6, 6.07) is 5.32. The second-order valence-electron chi connectivity index (χ2n) is 5.34. The van der Waals surface area contributed by atoms with Crippen molar-refractivity contribution < 1.29 is 23.1 Å². The summed E-state index contributed by atoms with van der Waals surface area (Å²) in [4.78, 5) is 18.9. The lowest BCUT2D eigenvalue weighted by molar-refractivity contribution is -0.138. The molecule has 2 rings (SSSR count). The Labute approximate surface area is 167 Å². The van der Waals surface area contributed by atoms with E-state index >= 15 is 0 Å². The minimum atomic E-state index is -4.57. The predicted molar refractivity (Wildman–Crippen MR) is 95.4 cm³/mol. The number of carboxylic acid groups (broad SMARTS) is 1. The third-order valence-electron chi connectivity index (χ3n) is 3.51. The van der Waals surface area contributed by atoms with Crippen molar-refractivity contribution in [1.82, 2.24) is 15.3 Å². The van der Waals surface area contributed by atoms with Gasteiger partial charge in [-0.3, -0.25) is 4.98 Å². The van der Waals surface area contributed by atoms with Gasteiger partial charge < -0.3 is 10.4 Å². The highest BCUT2D eigenvalue weighted by Gasteiger charge is 2.31. The highest BCUT2D eigenvalue weighted by atomic mass is 35.5. The average molecular weight is 431 g/mol. The molecular formula is C17H11Cl2F3N4O2. The van der Waals surface area contributed by atoms with Crippen LogP contribution in [0.5, 0.6) is 0 Å². The number of nitrogens with one attached hydrogen (secondary N) is 1. The fraction of sp³-hybridized carbons (Fsp3) is 0.176. The fourth-order valence-electron chi connectivity index (χ4n) is 2.21. The molecule has 0 bridgehead atoms. The van der Waals surface area contributed by atoms with Crippen LogP contribution >= 0.6 is 23.2 Å². The SMILES string of the molecule is N#C/C(C(=O)O)=C(/NCCc1ncc(C(F)(F)F)cc1Cl)c1cccnc1Cl. The van der Waals surface area contributed by atoms with Crippen LogP contribution in [-0.4, -0.2) is 27.6 Å². The van der Waals surface area contributed by atoms with Gasteiger partial charge in [0.15, 0.2) is 5.57 Å². The van der Waals surface area contributed by atoms with Crippen molar-refractivity contribution in [3.8, 4) is 6.07 Å². The average Bonchev–Trinajstić information content (AvgIpc) is 2.61. The second kappa shape index (κ2) is 8.91. The van der Waals surface area contributed by atoms with E-state index in [1.54, 1.807) is 6.07 Å². The molecule has 0 aliphatic rings. The lowest BCUT2D eigenvalue weighted by Crippen LogP contribution is -2.21. The van der Waals surface area contributed by atoms with Crippen molar-refractivity contribution in [1.29, 1.82) is 5.26 Å². The molecule has 0 fully saturated rings. The van der Waals surface area contributed by atoms with E-state index < -0.39 is 23.3 Å². The Morgan fingerprint density at radius 1 is 1.32 bits per heavy atom. The van der Waals surface area contributed by atoms with E-state index in [2.05, 4.69) is 15.3 Å². The van der Waals surface area contributed by atoms with Crippen LogP contribution in [0.15, 0.2) is 36.2 Å². The van der Waals surface area contributed by atoms with Crippen molar-refractivity contribution in [2.75, 3.05) is 6.54 Å². The van der Waals surface area contributed by atoms with Gasteiger partial charge in [-0.2, -0.15) is 18.4 Å². The highest BCUT2D eigenvalue weighted by Crippen LogP contribution is 2.31. The minimum absolute atomic E-state index is 0.0234. The standard InChI is InChI=1S/C17H11Cl2F3N4O2/c18-12-6-9(17(20,21)22)8-26-13(12)3-5-24-14(11(7-23)16(27)28)10-2-1-4-25-15(10)19/h1-2,4,6,8,24H,3,5H2,(H,27,28)/b14-11-. The van der Waals surface area contributed by atoms with Crippen LogP contribution in [0.4, 0.5) is 13.2 Å². The van der Waals surface area contributed by atoms with Crippen LogP contribution in [0.3, 0.4) is 0 Å². The number of rotatable bonds is 6. The molecule has 0 amide bonds. The lowest BCUT2D eigenvalue weighted by Gasteiger charge is -2.14. The predicted octanol–water partition coefficient (Wildman–Crippen LogP) is 3.95. The Morgan fingerprint density at radius 3 is 2.57 bits per heavy atom. The monoisotopic (exact) mass is 430 g/mol. The lowest BCUT2D eigenvalue weighted by atomic mass is 10.1. The quantitative estimate of drug-likeness (QED) is 0.408. The van der Waals surface area contributed by atoms with Gasteiger partial charge in [-0.25, -0.2) is 9.78 Å². The van der Waals surface area contributed by atoms with Gasteiger partial charge in [0.25, 0.3) is 0 Å². The Morgan fingerprint density at radius 2 is 2.04 bits per heavy atom. The molecule has 0 aromatic carbocycles. The maximum atomic E-state index is 12.7. The molecule has 2 aromatic heterocycles. The molecule has 0 saturated carbocycles. The molecule has 0 aliphatic heterocycles. The van der Waals surface area contributed by atoms with Crippen LogP contribution in [0.2, 0.25) is 10.2 Å². The normalized spacial score (nSPS) is 12.1. The van der Waals surface area contributed by atoms with E-state index in [4.69, 9.17) is 28.5 Å². The van der Waals surface area contributed by atoms with Gasteiger partial charge in [-0.15, -0.1) is 0 Å². The number of nitrogens with zero attached hydrogens (tertiary/aromatic N) is 3. The molecule has 11 heteroatoms. The first-order valence-electron chi connectivity index (χ1n) is 7.59. The van der Waals surface area contributed by atoms with Crippen LogP contribution in [-0.2, 0) is 17.4 Å². The maximum Gasteiger partial charge on any atom is 0.417 e. The Kier molecular flexibility index (Phi) is 6.83. The maximum absolute atomic E-state index is 12.7. The molecule has 0 unspecified atom stereocenters. The van der Waals surface area contributed by atoms with Gasteiger partial charge in [0.1, 0.15) is 11.2 Å². The van der Waals surface area contributed by atoms with E-state index in [0.29, 0.717) is 6.20 Å². The summed E-state index contributed by atoms with van der Waals surface area (Å²) in [7, 11) is 0. The number of pyridine rings is 2. The minimum Gasteiger partial charge on any atom is -0.477 e. The summed E-state index contributed by atoms with van der Waals surface area (Å²) < 4.78 is 38.0. The van der Waals surface area contributed by atoms with Gasteiger partial charge in [-0.1, -0.05) is 23.2 Å². The number of aromatic nitrogens is 2. The summed E-state index contributed by atoms with van der Waals surface area (Å²) in [5.74, 6) is -1.48. The van der Waals surface area contributed by atoms with Gasteiger partial charge in [-0.05, 0) is 18.2 Å². The Balaban J connectivity index is 2.26. The molecule has 0 aliphatic carbocycles. The number of halogens is 5. The van der Waals surface area contributed by atoms with E-state index in [-0.39, 0.29) is 40.1 Å². The summed E-state index contributed by atoms with van der Waals surface area (Å²) >= 11 is 11.8. The number of alkyl halides is 3. The molecule has 28 heavy (non-hydrogen) atoms. The molecule has 0 atom stereocenters. The van der Waals surface area contributed by atoms with Gasteiger partial charge in [0.2, 0.25) is 0 Å². The van der Waals surface area contributed by atoms with Crippen LogP contribution < -0.4 is 5.32 Å². The number of hydrogen-bond donors (Lipinski definition) is 2. The molecule has 6 nitrogen and oxygen atoms in total. The van der Waals surface area contributed by atoms with Crippen molar-refractivity contribution >= 4 is 34.9 Å². The largest absolute Gasteiger partial charge is 0.477 e. The first-order chi connectivity index (χ1) is 13.1. The smallest absolute Gasteiger partial charge is 0.417 e. The summed E-state index contributed by atoms with van der Waals surface area (Å²) in [6.07, 6.45) is -2.45. The first-order valence-corrected chi connectivity index (χ1v) is 8.34. The number of hydrogen-bond acceptors (Lipinski definition) is 5. The summed E-state index contributed by atoms with van der Waals surface area (Å²) in [5, 5.41) is 21.0. The molecular weight excluding hydrogens is 420 g/mol. The Bertz CT molecular complexity index is 972. The zero-order chi connectivity index (χ0) is 20.9.